The molecule has 1 heterocycles. The van der Waals surface area contributed by atoms with Crippen molar-refractivity contribution in [1.82, 2.24) is 4.90 Å². The summed E-state index contributed by atoms with van der Waals surface area (Å²) in [7, 11) is 1.48. The van der Waals surface area contributed by atoms with Crippen LogP contribution >= 0.6 is 0 Å². The molecule has 0 spiro atoms. The zero-order valence-corrected chi connectivity index (χ0v) is 29.2. The zero-order chi connectivity index (χ0) is 36.9. The van der Waals surface area contributed by atoms with Crippen LogP contribution in [0.1, 0.15) is 35.1 Å². The molecule has 0 bridgehead atoms. The van der Waals surface area contributed by atoms with E-state index in [0.29, 0.717) is 29.7 Å². The first-order valence-corrected chi connectivity index (χ1v) is 18.0. The van der Waals surface area contributed by atoms with Gasteiger partial charge in [0, 0.05) is 24.0 Å². The number of benzene rings is 4. The van der Waals surface area contributed by atoms with E-state index in [1.54, 1.807) is 42.5 Å². The lowest BCUT2D eigenvalue weighted by Gasteiger charge is -2.54. The number of hydrogen-bond donors (Lipinski definition) is 2. The molecule has 6 unspecified atom stereocenters. The standard InChI is InChI=1S/C45H39NO7/c1-53-39-24-28(15-21-38(39)48)14-20-36-32-18-19-33-41(44(52)46(43(33)51)23-22-27-12-16-31(47)17-13-27)35(32)25-37-42(50)34(29-8-4-2-5-9-29)26-40(49)45(36,37)30-10-6-3-7-11-30/h2-18,20-21,24,26,33,35-37,41,47-48H,19,22-23,25H2,1H3. The SMILES string of the molecule is COc1cc(C=CC2C3=CCC4C(=O)N(CCc5ccc(O)cc5)C(=O)C4C3CC3C(=O)C(c4ccccc4)=CC(=O)C23c2ccccc2)ccc1O. The molecule has 0 aromatic heterocycles. The van der Waals surface area contributed by atoms with E-state index in [0.717, 1.165) is 22.3 Å². The van der Waals surface area contributed by atoms with Crippen molar-refractivity contribution in [2.75, 3.05) is 13.7 Å². The Hall–Kier alpha value is -6.02. The van der Waals surface area contributed by atoms with Gasteiger partial charge >= 0.3 is 0 Å². The number of carbonyl (C=O) groups is 4. The van der Waals surface area contributed by atoms with Crippen molar-refractivity contribution in [1.29, 1.82) is 0 Å². The Labute approximate surface area is 307 Å². The van der Waals surface area contributed by atoms with Crippen LogP contribution in [-0.4, -0.2) is 52.1 Å². The minimum atomic E-state index is -1.31. The van der Waals surface area contributed by atoms with Crippen LogP contribution in [0.15, 0.2) is 127 Å². The van der Waals surface area contributed by atoms with Gasteiger partial charge in [0.25, 0.3) is 0 Å². The van der Waals surface area contributed by atoms with Crippen molar-refractivity contribution in [3.8, 4) is 17.2 Å². The maximum absolute atomic E-state index is 15.1. The van der Waals surface area contributed by atoms with Gasteiger partial charge in [0.15, 0.2) is 23.1 Å². The summed E-state index contributed by atoms with van der Waals surface area (Å²) in [6.45, 7) is 0.208. The van der Waals surface area contributed by atoms with E-state index in [2.05, 4.69) is 0 Å². The average molecular weight is 706 g/mol. The van der Waals surface area contributed by atoms with Crippen LogP contribution < -0.4 is 4.74 Å². The highest BCUT2D eigenvalue weighted by Gasteiger charge is 2.65. The average Bonchev–Trinajstić information content (AvgIpc) is 3.43. The zero-order valence-electron chi connectivity index (χ0n) is 29.2. The number of phenols is 2. The van der Waals surface area contributed by atoms with Crippen molar-refractivity contribution >= 4 is 35.0 Å². The second-order valence-corrected chi connectivity index (χ2v) is 14.4. The van der Waals surface area contributed by atoms with Gasteiger partial charge in [0.05, 0.1) is 24.4 Å². The largest absolute Gasteiger partial charge is 0.508 e. The molecule has 1 saturated carbocycles. The first kappa shape index (κ1) is 34.1. The number of ketones is 2. The molecule has 8 rings (SSSR count). The van der Waals surface area contributed by atoms with E-state index in [1.807, 2.05) is 78.9 Å². The van der Waals surface area contributed by atoms with E-state index >= 15 is 4.79 Å². The third-order valence-corrected chi connectivity index (χ3v) is 11.8. The lowest BCUT2D eigenvalue weighted by atomic mass is 9.45. The van der Waals surface area contributed by atoms with Gasteiger partial charge in [-0.15, -0.1) is 0 Å². The summed E-state index contributed by atoms with van der Waals surface area (Å²) in [6.07, 6.45) is 8.41. The van der Waals surface area contributed by atoms with E-state index in [1.165, 1.54) is 18.1 Å². The van der Waals surface area contributed by atoms with Gasteiger partial charge in [-0.3, -0.25) is 24.1 Å². The summed E-state index contributed by atoms with van der Waals surface area (Å²) in [5.41, 5.74) is 2.91. The topological polar surface area (TPSA) is 121 Å². The van der Waals surface area contributed by atoms with Crippen LogP contribution in [0.5, 0.6) is 17.2 Å². The third kappa shape index (κ3) is 5.60. The van der Waals surface area contributed by atoms with Crippen LogP contribution in [0.2, 0.25) is 0 Å². The van der Waals surface area contributed by atoms with Crippen molar-refractivity contribution in [3.05, 3.63) is 149 Å². The molecule has 2 amide bonds. The van der Waals surface area contributed by atoms with Crippen molar-refractivity contribution in [3.63, 3.8) is 0 Å². The fraction of sp³-hybridized carbons (Fsp3) is 0.244. The number of amides is 2. The van der Waals surface area contributed by atoms with Crippen LogP contribution in [0, 0.1) is 29.6 Å². The Balaban J connectivity index is 1.26. The first-order chi connectivity index (χ1) is 25.7. The van der Waals surface area contributed by atoms with Gasteiger partial charge < -0.3 is 14.9 Å². The Bertz CT molecular complexity index is 2200. The molecule has 266 valence electrons. The number of imide groups is 1. The van der Waals surface area contributed by atoms with Crippen LogP contribution in [-0.2, 0) is 31.0 Å². The number of fused-ring (bicyclic) bond motifs is 4. The van der Waals surface area contributed by atoms with E-state index < -0.39 is 35.0 Å². The molecule has 8 heteroatoms. The molecule has 2 N–H and O–H groups in total. The molecule has 4 aromatic carbocycles. The molecule has 53 heavy (non-hydrogen) atoms. The predicted octanol–water partition coefficient (Wildman–Crippen LogP) is 6.72. The summed E-state index contributed by atoms with van der Waals surface area (Å²) in [5.74, 6) is -3.52. The van der Waals surface area contributed by atoms with Crippen LogP contribution in [0.3, 0.4) is 0 Å². The third-order valence-electron chi connectivity index (χ3n) is 11.8. The predicted molar refractivity (Wildman–Crippen MR) is 200 cm³/mol. The number of methoxy groups -OCH3 is 1. The van der Waals surface area contributed by atoms with Gasteiger partial charge in [-0.05, 0) is 77.8 Å². The monoisotopic (exact) mass is 705 g/mol. The molecule has 0 radical (unpaired) electrons. The van der Waals surface area contributed by atoms with E-state index in [4.69, 9.17) is 4.74 Å². The number of Topliss-reactive ketones (excluding diaryl/α,β-unsaturated/α-hetero) is 1. The lowest BCUT2D eigenvalue weighted by molar-refractivity contribution is -0.140. The highest BCUT2D eigenvalue weighted by molar-refractivity contribution is 6.31. The summed E-state index contributed by atoms with van der Waals surface area (Å²) in [4.78, 5) is 59.8. The summed E-state index contributed by atoms with van der Waals surface area (Å²) >= 11 is 0. The molecule has 1 aliphatic heterocycles. The summed E-state index contributed by atoms with van der Waals surface area (Å²) in [5, 5.41) is 20.0. The first-order valence-electron chi connectivity index (χ1n) is 18.0. The molecule has 6 atom stereocenters. The second-order valence-electron chi connectivity index (χ2n) is 14.4. The minimum absolute atomic E-state index is 0.00440. The fourth-order valence-electron chi connectivity index (χ4n) is 9.32. The molecule has 4 aromatic rings. The van der Waals surface area contributed by atoms with Crippen molar-refractivity contribution < 1.29 is 34.1 Å². The summed E-state index contributed by atoms with van der Waals surface area (Å²) < 4.78 is 5.37. The van der Waals surface area contributed by atoms with Gasteiger partial charge in [0.2, 0.25) is 11.8 Å². The molecular formula is C45H39NO7. The van der Waals surface area contributed by atoms with Crippen LogP contribution in [0.25, 0.3) is 11.6 Å². The number of likely N-dealkylation sites (tertiary alicyclic amines) is 1. The number of rotatable bonds is 8. The highest BCUT2D eigenvalue weighted by atomic mass is 16.5. The highest BCUT2D eigenvalue weighted by Crippen LogP contribution is 2.61. The molecule has 1 saturated heterocycles. The van der Waals surface area contributed by atoms with E-state index in [-0.39, 0.29) is 47.8 Å². The fourth-order valence-corrected chi connectivity index (χ4v) is 9.32. The summed E-state index contributed by atoms with van der Waals surface area (Å²) in [6, 6.07) is 30.4. The van der Waals surface area contributed by atoms with Gasteiger partial charge in [-0.1, -0.05) is 103 Å². The number of phenolic OH excluding ortho intramolecular Hbond substituents is 2. The maximum Gasteiger partial charge on any atom is 0.233 e. The molecule has 2 fully saturated rings. The number of carbonyl (C=O) groups excluding carboxylic acids is 4. The van der Waals surface area contributed by atoms with E-state index in [9.17, 15) is 24.6 Å². The lowest BCUT2D eigenvalue weighted by Crippen LogP contribution is -2.59. The Morgan fingerprint density at radius 3 is 2.28 bits per heavy atom. The Kier molecular flexibility index (Phi) is 8.69. The smallest absolute Gasteiger partial charge is 0.233 e. The number of allylic oxidation sites excluding steroid dienone is 5. The molecule has 3 aliphatic carbocycles. The van der Waals surface area contributed by atoms with Gasteiger partial charge in [-0.2, -0.15) is 0 Å². The quantitative estimate of drug-likeness (QED) is 0.154. The number of nitrogens with zero attached hydrogens (tertiary/aromatic N) is 1. The number of ether oxygens (including phenoxy) is 1. The van der Waals surface area contributed by atoms with Crippen LogP contribution in [0.4, 0.5) is 0 Å². The number of hydrogen-bond acceptors (Lipinski definition) is 7. The molecule has 8 nitrogen and oxygen atoms in total. The Morgan fingerprint density at radius 2 is 1.57 bits per heavy atom. The minimum Gasteiger partial charge on any atom is -0.508 e. The normalized spacial score (nSPS) is 26.5. The van der Waals surface area contributed by atoms with Crippen molar-refractivity contribution in [2.24, 2.45) is 29.6 Å². The second kappa shape index (κ2) is 13.5. The van der Waals surface area contributed by atoms with Gasteiger partial charge in [0.1, 0.15) is 5.75 Å². The number of aromatic hydroxyl groups is 2. The molecule has 4 aliphatic rings. The maximum atomic E-state index is 15.1. The Morgan fingerprint density at radius 1 is 0.849 bits per heavy atom. The molecular weight excluding hydrogens is 666 g/mol. The van der Waals surface area contributed by atoms with Gasteiger partial charge in [-0.25, -0.2) is 0 Å². The van der Waals surface area contributed by atoms with Crippen molar-refractivity contribution in [2.45, 2.75) is 24.7 Å².